The largest absolute Gasteiger partial charge is 0.389 e. The predicted molar refractivity (Wildman–Crippen MR) is 93.9 cm³/mol. The average Bonchev–Trinajstić information content (AvgIpc) is 2.76. The van der Waals surface area contributed by atoms with Crippen LogP contribution in [-0.2, 0) is 16.1 Å². The first-order valence-corrected chi connectivity index (χ1v) is 9.45. The van der Waals surface area contributed by atoms with Gasteiger partial charge in [0.05, 0.1) is 18.6 Å². The Labute approximate surface area is 157 Å². The molecule has 5 nitrogen and oxygen atoms in total. The number of carbonyl (C=O) groups excluding carboxylic acids is 1. The first kappa shape index (κ1) is 20.1. The Morgan fingerprint density at radius 2 is 2.00 bits per heavy atom. The number of halogens is 3. The van der Waals surface area contributed by atoms with Crippen LogP contribution in [0.5, 0.6) is 0 Å². The summed E-state index contributed by atoms with van der Waals surface area (Å²) in [5, 5.41) is 0. The van der Waals surface area contributed by atoms with Crippen LogP contribution in [0.3, 0.4) is 0 Å². The fourth-order valence-corrected chi connectivity index (χ4v) is 3.83. The SMILES string of the molecule is O=C1CC2(CCN(Cc3cccnc3)CC2)OCCN1CCCC(F)(F)F. The van der Waals surface area contributed by atoms with Gasteiger partial charge in [-0.3, -0.25) is 14.7 Å². The van der Waals surface area contributed by atoms with E-state index in [1.54, 1.807) is 6.20 Å². The van der Waals surface area contributed by atoms with Crippen LogP contribution < -0.4 is 0 Å². The number of hydrogen-bond donors (Lipinski definition) is 0. The number of hydrogen-bond acceptors (Lipinski definition) is 4. The zero-order valence-electron chi connectivity index (χ0n) is 15.4. The van der Waals surface area contributed by atoms with Crippen molar-refractivity contribution in [2.24, 2.45) is 0 Å². The molecule has 0 aromatic carbocycles. The van der Waals surface area contributed by atoms with Gasteiger partial charge in [0.2, 0.25) is 5.91 Å². The van der Waals surface area contributed by atoms with E-state index in [1.165, 1.54) is 4.90 Å². The summed E-state index contributed by atoms with van der Waals surface area (Å²) >= 11 is 0. The van der Waals surface area contributed by atoms with Crippen LogP contribution in [0.1, 0.15) is 37.7 Å². The molecular formula is C19H26F3N3O2. The van der Waals surface area contributed by atoms with E-state index in [4.69, 9.17) is 4.74 Å². The third kappa shape index (κ3) is 5.90. The summed E-state index contributed by atoms with van der Waals surface area (Å²) in [4.78, 5) is 20.5. The molecule has 0 N–H and O–H groups in total. The number of alkyl halides is 3. The van der Waals surface area contributed by atoms with E-state index >= 15 is 0 Å². The van der Waals surface area contributed by atoms with Crippen molar-refractivity contribution in [2.75, 3.05) is 32.8 Å². The second kappa shape index (κ2) is 8.56. The normalized spacial score (nSPS) is 21.4. The number of carbonyl (C=O) groups is 1. The Kier molecular flexibility index (Phi) is 6.37. The van der Waals surface area contributed by atoms with Crippen molar-refractivity contribution in [3.63, 3.8) is 0 Å². The van der Waals surface area contributed by atoms with Gasteiger partial charge in [-0.15, -0.1) is 0 Å². The van der Waals surface area contributed by atoms with Crippen molar-refractivity contribution in [1.82, 2.24) is 14.8 Å². The average molecular weight is 385 g/mol. The van der Waals surface area contributed by atoms with Crippen LogP contribution in [0.25, 0.3) is 0 Å². The van der Waals surface area contributed by atoms with Gasteiger partial charge in [-0.1, -0.05) is 6.07 Å². The smallest absolute Gasteiger partial charge is 0.373 e. The van der Waals surface area contributed by atoms with E-state index < -0.39 is 18.2 Å². The van der Waals surface area contributed by atoms with Crippen molar-refractivity contribution < 1.29 is 22.7 Å². The lowest BCUT2D eigenvalue weighted by atomic mass is 9.87. The summed E-state index contributed by atoms with van der Waals surface area (Å²) in [6.45, 7) is 3.39. The zero-order chi connectivity index (χ0) is 19.3. The highest BCUT2D eigenvalue weighted by atomic mass is 19.4. The van der Waals surface area contributed by atoms with E-state index in [9.17, 15) is 18.0 Å². The maximum absolute atomic E-state index is 12.6. The summed E-state index contributed by atoms with van der Waals surface area (Å²) in [6, 6.07) is 3.96. The van der Waals surface area contributed by atoms with E-state index in [0.29, 0.717) is 13.2 Å². The number of amides is 1. The third-order valence-corrected chi connectivity index (χ3v) is 5.38. The molecule has 2 aliphatic heterocycles. The highest BCUT2D eigenvalue weighted by molar-refractivity contribution is 5.77. The molecular weight excluding hydrogens is 359 g/mol. The minimum atomic E-state index is -4.17. The molecule has 1 aromatic rings. The molecule has 150 valence electrons. The van der Waals surface area contributed by atoms with Gasteiger partial charge in [0.1, 0.15) is 0 Å². The molecule has 8 heteroatoms. The Hall–Kier alpha value is -1.67. The van der Waals surface area contributed by atoms with Crippen molar-refractivity contribution in [3.8, 4) is 0 Å². The number of nitrogens with zero attached hydrogens (tertiary/aromatic N) is 3. The van der Waals surface area contributed by atoms with Crippen molar-refractivity contribution in [3.05, 3.63) is 30.1 Å². The lowest BCUT2D eigenvalue weighted by molar-refractivity contribution is -0.141. The number of aromatic nitrogens is 1. The van der Waals surface area contributed by atoms with Crippen LogP contribution in [0.2, 0.25) is 0 Å². The van der Waals surface area contributed by atoms with E-state index in [-0.39, 0.29) is 25.3 Å². The van der Waals surface area contributed by atoms with Gasteiger partial charge in [0.15, 0.2) is 0 Å². The minimum Gasteiger partial charge on any atom is -0.373 e. The van der Waals surface area contributed by atoms with Crippen LogP contribution in [0.4, 0.5) is 13.2 Å². The molecule has 2 fully saturated rings. The lowest BCUT2D eigenvalue weighted by Crippen LogP contribution is -2.47. The quantitative estimate of drug-likeness (QED) is 0.782. The van der Waals surface area contributed by atoms with Crippen molar-refractivity contribution in [2.45, 2.75) is 50.4 Å². The standard InChI is InChI=1S/C19H26F3N3O2/c20-19(21,22)4-2-8-25-11-12-27-18(13-17(25)26)5-9-24(10-6-18)15-16-3-1-7-23-14-16/h1,3,7,14H,2,4-6,8-13,15H2. The summed E-state index contributed by atoms with van der Waals surface area (Å²) in [6.07, 6.45) is 0.306. The molecule has 0 unspecified atom stereocenters. The Bertz CT molecular complexity index is 616. The number of likely N-dealkylation sites (tertiary alicyclic amines) is 1. The molecule has 0 aliphatic carbocycles. The van der Waals surface area contributed by atoms with Gasteiger partial charge in [-0.2, -0.15) is 13.2 Å². The number of ether oxygens (including phenoxy) is 1. The summed E-state index contributed by atoms with van der Waals surface area (Å²) in [7, 11) is 0. The number of pyridine rings is 1. The summed E-state index contributed by atoms with van der Waals surface area (Å²) in [5.41, 5.74) is 0.684. The van der Waals surface area contributed by atoms with Crippen LogP contribution in [-0.4, -0.2) is 65.3 Å². The first-order chi connectivity index (χ1) is 12.9. The van der Waals surface area contributed by atoms with Crippen molar-refractivity contribution in [1.29, 1.82) is 0 Å². The number of rotatable bonds is 5. The highest BCUT2D eigenvalue weighted by Gasteiger charge is 2.40. The maximum Gasteiger partial charge on any atom is 0.389 e. The van der Waals surface area contributed by atoms with Gasteiger partial charge in [-0.25, -0.2) is 0 Å². The highest BCUT2D eigenvalue weighted by Crippen LogP contribution is 2.33. The molecule has 1 aromatic heterocycles. The topological polar surface area (TPSA) is 45.7 Å². The second-order valence-corrected chi connectivity index (χ2v) is 7.45. The fraction of sp³-hybridized carbons (Fsp3) is 0.684. The Morgan fingerprint density at radius 1 is 1.22 bits per heavy atom. The molecule has 3 heterocycles. The minimum absolute atomic E-state index is 0.0544. The summed E-state index contributed by atoms with van der Waals surface area (Å²) in [5.74, 6) is -0.0876. The molecule has 3 rings (SSSR count). The first-order valence-electron chi connectivity index (χ1n) is 9.45. The van der Waals surface area contributed by atoms with E-state index in [2.05, 4.69) is 9.88 Å². The van der Waals surface area contributed by atoms with Crippen LogP contribution >= 0.6 is 0 Å². The van der Waals surface area contributed by atoms with Crippen LogP contribution in [0.15, 0.2) is 24.5 Å². The lowest BCUT2D eigenvalue weighted by Gasteiger charge is -2.40. The Morgan fingerprint density at radius 3 is 2.67 bits per heavy atom. The van der Waals surface area contributed by atoms with Gasteiger partial charge < -0.3 is 9.64 Å². The van der Waals surface area contributed by atoms with Gasteiger partial charge in [0, 0.05) is 51.5 Å². The van der Waals surface area contributed by atoms with Crippen LogP contribution in [0, 0.1) is 0 Å². The molecule has 0 atom stereocenters. The molecule has 0 bridgehead atoms. The van der Waals surface area contributed by atoms with Gasteiger partial charge >= 0.3 is 6.18 Å². The molecule has 0 saturated carbocycles. The third-order valence-electron chi connectivity index (χ3n) is 5.38. The second-order valence-electron chi connectivity index (χ2n) is 7.45. The monoisotopic (exact) mass is 385 g/mol. The molecule has 0 radical (unpaired) electrons. The summed E-state index contributed by atoms with van der Waals surface area (Å²) < 4.78 is 43.0. The predicted octanol–water partition coefficient (Wildman–Crippen LogP) is 3.01. The maximum atomic E-state index is 12.6. The van der Waals surface area contributed by atoms with E-state index in [1.807, 2.05) is 18.3 Å². The molecule has 1 spiro atoms. The molecule has 2 saturated heterocycles. The molecule has 1 amide bonds. The van der Waals surface area contributed by atoms with Gasteiger partial charge in [0.25, 0.3) is 0 Å². The molecule has 27 heavy (non-hydrogen) atoms. The Balaban J connectivity index is 1.49. The zero-order valence-corrected chi connectivity index (χ0v) is 15.4. The van der Waals surface area contributed by atoms with E-state index in [0.717, 1.165) is 38.0 Å². The molecule has 2 aliphatic rings. The van der Waals surface area contributed by atoms with Crippen molar-refractivity contribution >= 4 is 5.91 Å². The fourth-order valence-electron chi connectivity index (χ4n) is 3.83. The van der Waals surface area contributed by atoms with Gasteiger partial charge in [-0.05, 0) is 30.9 Å². The number of piperidine rings is 1.